The van der Waals surface area contributed by atoms with Gasteiger partial charge in [0, 0.05) is 47.1 Å². The Morgan fingerprint density at radius 3 is 2.18 bits per heavy atom. The number of para-hydroxylation sites is 1. The van der Waals surface area contributed by atoms with Crippen LogP contribution in [-0.2, 0) is 22.2 Å². The third-order valence-electron chi connectivity index (χ3n) is 10.3. The van der Waals surface area contributed by atoms with Gasteiger partial charge in [0.1, 0.15) is 11.5 Å². The Kier molecular flexibility index (Phi) is 7.17. The zero-order chi connectivity index (χ0) is 30.3. The first kappa shape index (κ1) is 28.2. The molecule has 1 aromatic heterocycles. The van der Waals surface area contributed by atoms with Crippen molar-refractivity contribution < 1.29 is 19.4 Å². The van der Waals surface area contributed by atoms with Gasteiger partial charge in [-0.2, -0.15) is 0 Å². The molecule has 6 heteroatoms. The Hall–Kier alpha value is -4.55. The SMILES string of the molecule is COc1ccc2[nH]cc(CC(=O)N3CC4[C@H](C3)C(c3ccccc3)(c3ccccc3)CCC4(O)c3ccccc3OC)c2c1. The summed E-state index contributed by atoms with van der Waals surface area (Å²) in [5.74, 6) is 1.26. The van der Waals surface area contributed by atoms with E-state index in [4.69, 9.17) is 9.47 Å². The molecule has 0 spiro atoms. The Morgan fingerprint density at radius 1 is 0.841 bits per heavy atom. The van der Waals surface area contributed by atoms with Crippen molar-refractivity contribution in [1.82, 2.24) is 9.88 Å². The fraction of sp³-hybridized carbons (Fsp3) is 0.289. The van der Waals surface area contributed by atoms with E-state index >= 15 is 0 Å². The molecule has 2 aliphatic rings. The normalized spacial score (nSPS) is 22.5. The van der Waals surface area contributed by atoms with Gasteiger partial charge in [0.2, 0.25) is 5.91 Å². The second-order valence-corrected chi connectivity index (χ2v) is 12.2. The van der Waals surface area contributed by atoms with E-state index in [0.717, 1.165) is 34.2 Å². The van der Waals surface area contributed by atoms with E-state index in [1.165, 1.54) is 11.1 Å². The molecule has 2 N–H and O–H groups in total. The number of methoxy groups -OCH3 is 2. The molecule has 6 nitrogen and oxygen atoms in total. The number of likely N-dealkylation sites (tertiary alicyclic amines) is 1. The van der Waals surface area contributed by atoms with Crippen LogP contribution in [0.15, 0.2) is 109 Å². The quantitative estimate of drug-likeness (QED) is 0.229. The van der Waals surface area contributed by atoms with Crippen LogP contribution in [0.2, 0.25) is 0 Å². The molecule has 0 radical (unpaired) electrons. The summed E-state index contributed by atoms with van der Waals surface area (Å²) in [5.41, 5.74) is 3.63. The van der Waals surface area contributed by atoms with Gasteiger partial charge in [-0.15, -0.1) is 0 Å². The fourth-order valence-corrected chi connectivity index (χ4v) is 8.15. The summed E-state index contributed by atoms with van der Waals surface area (Å²) in [5, 5.41) is 13.8. The molecule has 7 rings (SSSR count). The lowest BCUT2D eigenvalue weighted by atomic mass is 9.52. The number of amides is 1. The molecule has 2 unspecified atom stereocenters. The van der Waals surface area contributed by atoms with Gasteiger partial charge in [-0.05, 0) is 59.7 Å². The molecule has 2 heterocycles. The van der Waals surface area contributed by atoms with Crippen LogP contribution in [0.1, 0.15) is 35.1 Å². The summed E-state index contributed by atoms with van der Waals surface area (Å²) in [6.07, 6.45) is 3.47. The molecular weight excluding hydrogens is 548 g/mol. The van der Waals surface area contributed by atoms with Crippen molar-refractivity contribution in [2.45, 2.75) is 30.3 Å². The first-order valence-electron chi connectivity index (χ1n) is 15.4. The number of carbonyl (C=O) groups is 1. The van der Waals surface area contributed by atoms with Gasteiger partial charge in [0.05, 0.1) is 26.2 Å². The lowest BCUT2D eigenvalue weighted by Crippen LogP contribution is -2.53. The zero-order valence-electron chi connectivity index (χ0n) is 25.2. The van der Waals surface area contributed by atoms with Crippen LogP contribution in [0.3, 0.4) is 0 Å². The topological polar surface area (TPSA) is 74.8 Å². The monoisotopic (exact) mass is 586 g/mol. The molecule has 0 bridgehead atoms. The summed E-state index contributed by atoms with van der Waals surface area (Å²) in [7, 11) is 3.31. The number of hydrogen-bond donors (Lipinski definition) is 2. The van der Waals surface area contributed by atoms with Crippen molar-refractivity contribution in [3.05, 3.63) is 132 Å². The Morgan fingerprint density at radius 2 is 1.50 bits per heavy atom. The molecule has 1 amide bonds. The van der Waals surface area contributed by atoms with Gasteiger partial charge in [-0.3, -0.25) is 4.79 Å². The number of hydrogen-bond acceptors (Lipinski definition) is 4. The first-order chi connectivity index (χ1) is 21.5. The highest BCUT2D eigenvalue weighted by atomic mass is 16.5. The minimum absolute atomic E-state index is 0.0250. The summed E-state index contributed by atoms with van der Waals surface area (Å²) in [4.78, 5) is 19.5. The number of benzene rings is 4. The van der Waals surface area contributed by atoms with Gasteiger partial charge >= 0.3 is 0 Å². The summed E-state index contributed by atoms with van der Waals surface area (Å²) >= 11 is 0. The number of aliphatic hydroxyl groups is 1. The largest absolute Gasteiger partial charge is 0.497 e. The van der Waals surface area contributed by atoms with Crippen molar-refractivity contribution >= 4 is 16.8 Å². The Bertz CT molecular complexity index is 1740. The summed E-state index contributed by atoms with van der Waals surface area (Å²) in [6, 6.07) is 35.0. The van der Waals surface area contributed by atoms with Gasteiger partial charge < -0.3 is 24.5 Å². The number of rotatable bonds is 7. The van der Waals surface area contributed by atoms with E-state index in [1.54, 1.807) is 14.2 Å². The first-order valence-corrected chi connectivity index (χ1v) is 15.4. The van der Waals surface area contributed by atoms with Gasteiger partial charge in [-0.1, -0.05) is 78.9 Å². The number of nitrogens with zero attached hydrogens (tertiary/aromatic N) is 1. The minimum atomic E-state index is -1.16. The average Bonchev–Trinajstić information content (AvgIpc) is 3.72. The fourth-order valence-electron chi connectivity index (χ4n) is 8.15. The lowest BCUT2D eigenvalue weighted by molar-refractivity contribution is -0.130. The van der Waals surface area contributed by atoms with E-state index < -0.39 is 5.60 Å². The summed E-state index contributed by atoms with van der Waals surface area (Å²) < 4.78 is 11.2. The van der Waals surface area contributed by atoms with Crippen molar-refractivity contribution in [2.24, 2.45) is 11.8 Å². The van der Waals surface area contributed by atoms with Crippen molar-refractivity contribution in [1.29, 1.82) is 0 Å². The lowest BCUT2D eigenvalue weighted by Gasteiger charge is -2.53. The van der Waals surface area contributed by atoms with Crippen LogP contribution in [-0.4, -0.2) is 48.2 Å². The third-order valence-corrected chi connectivity index (χ3v) is 10.3. The molecule has 44 heavy (non-hydrogen) atoms. The molecule has 1 saturated carbocycles. The van der Waals surface area contributed by atoms with E-state index in [-0.39, 0.29) is 29.6 Å². The van der Waals surface area contributed by atoms with Crippen molar-refractivity contribution in [3.8, 4) is 11.5 Å². The second kappa shape index (κ2) is 11.2. The highest BCUT2D eigenvalue weighted by molar-refractivity contribution is 5.90. The minimum Gasteiger partial charge on any atom is -0.497 e. The maximum atomic E-state index is 14.2. The number of fused-ring (bicyclic) bond motifs is 2. The maximum Gasteiger partial charge on any atom is 0.227 e. The highest BCUT2D eigenvalue weighted by Crippen LogP contribution is 2.60. The molecule has 1 aliphatic heterocycles. The van der Waals surface area contributed by atoms with E-state index in [2.05, 4.69) is 53.5 Å². The number of ether oxygens (including phenoxy) is 2. The number of aromatic nitrogens is 1. The number of H-pyrrole nitrogens is 1. The van der Waals surface area contributed by atoms with Crippen LogP contribution in [0.5, 0.6) is 11.5 Å². The molecule has 5 aromatic rings. The van der Waals surface area contributed by atoms with Crippen LogP contribution >= 0.6 is 0 Å². The van der Waals surface area contributed by atoms with E-state index in [9.17, 15) is 9.90 Å². The number of carbonyl (C=O) groups excluding carboxylic acids is 1. The molecule has 3 atom stereocenters. The standard InChI is InChI=1S/C38H38N2O4/c1-43-29-17-18-34-30(22-29)26(23-39-34)21-36(41)40-24-32-33(25-40)38(42,31-15-9-10-16-35(31)44-2)20-19-37(32,27-11-5-3-6-12-27)28-13-7-4-8-14-28/h3-18,22-23,32-33,39,42H,19-21,24-25H2,1-2H3/t32-,33?,38?/m0/s1. The molecule has 1 saturated heterocycles. The molecule has 1 aliphatic carbocycles. The molecule has 2 fully saturated rings. The van der Waals surface area contributed by atoms with Crippen LogP contribution < -0.4 is 9.47 Å². The summed E-state index contributed by atoms with van der Waals surface area (Å²) in [6.45, 7) is 1.02. The predicted octanol–water partition coefficient (Wildman–Crippen LogP) is 6.47. The van der Waals surface area contributed by atoms with Gasteiger partial charge in [0.15, 0.2) is 0 Å². The molecule has 224 valence electrons. The van der Waals surface area contributed by atoms with Crippen LogP contribution in [0, 0.1) is 11.8 Å². The highest BCUT2D eigenvalue weighted by Gasteiger charge is 2.61. The second-order valence-electron chi connectivity index (χ2n) is 12.2. The van der Waals surface area contributed by atoms with Crippen molar-refractivity contribution in [2.75, 3.05) is 27.3 Å². The maximum absolute atomic E-state index is 14.2. The number of nitrogens with one attached hydrogen (secondary N) is 1. The predicted molar refractivity (Wildman–Crippen MR) is 172 cm³/mol. The van der Waals surface area contributed by atoms with E-state index in [0.29, 0.717) is 25.3 Å². The van der Waals surface area contributed by atoms with E-state index in [1.807, 2.05) is 65.7 Å². The molecular formula is C38H38N2O4. The third kappa shape index (κ3) is 4.47. The zero-order valence-corrected chi connectivity index (χ0v) is 25.2. The van der Waals surface area contributed by atoms with Crippen molar-refractivity contribution in [3.63, 3.8) is 0 Å². The smallest absolute Gasteiger partial charge is 0.227 e. The number of aromatic amines is 1. The molecule has 4 aromatic carbocycles. The van der Waals surface area contributed by atoms with Crippen LogP contribution in [0.25, 0.3) is 10.9 Å². The average molecular weight is 587 g/mol. The Labute approximate surface area is 258 Å². The Balaban J connectivity index is 1.32. The van der Waals surface area contributed by atoms with Gasteiger partial charge in [0.25, 0.3) is 0 Å². The van der Waals surface area contributed by atoms with Crippen LogP contribution in [0.4, 0.5) is 0 Å². The van der Waals surface area contributed by atoms with Gasteiger partial charge in [-0.25, -0.2) is 0 Å².